The van der Waals surface area contributed by atoms with Crippen LogP contribution in [-0.4, -0.2) is 25.0 Å². The van der Waals surface area contributed by atoms with Gasteiger partial charge in [-0.15, -0.1) is 0 Å². The first kappa shape index (κ1) is 14.1. The van der Waals surface area contributed by atoms with Crippen molar-refractivity contribution in [3.8, 4) is 0 Å². The van der Waals surface area contributed by atoms with E-state index >= 15 is 0 Å². The second-order valence-corrected chi connectivity index (χ2v) is 5.91. The third-order valence-electron chi connectivity index (χ3n) is 4.56. The fraction of sp³-hybridized carbons (Fsp3) is 0.500. The van der Waals surface area contributed by atoms with Crippen molar-refractivity contribution in [2.75, 3.05) is 13.2 Å². The maximum absolute atomic E-state index is 12.3. The van der Waals surface area contributed by atoms with E-state index in [1.807, 2.05) is 30.3 Å². The van der Waals surface area contributed by atoms with Gasteiger partial charge in [0.05, 0.1) is 13.2 Å². The Labute approximate surface area is 123 Å². The molecule has 0 spiro atoms. The molecule has 1 saturated carbocycles. The molecule has 1 aliphatic heterocycles. The lowest BCUT2D eigenvalue weighted by molar-refractivity contribution is -0.132. The van der Waals surface area contributed by atoms with Gasteiger partial charge in [-0.05, 0) is 18.4 Å². The van der Waals surface area contributed by atoms with Gasteiger partial charge >= 0.3 is 0 Å². The molecule has 0 bridgehead atoms. The van der Waals surface area contributed by atoms with Crippen LogP contribution in [0.25, 0.3) is 0 Å². The summed E-state index contributed by atoms with van der Waals surface area (Å²) < 4.78 is 5.56. The van der Waals surface area contributed by atoms with Gasteiger partial charge in [0, 0.05) is 11.8 Å². The Morgan fingerprint density at radius 1 is 1.24 bits per heavy atom. The lowest BCUT2D eigenvalue weighted by Crippen LogP contribution is -2.40. The monoisotopic (exact) mass is 288 g/mol. The lowest BCUT2D eigenvalue weighted by atomic mass is 9.94. The first-order chi connectivity index (χ1) is 10.1. The summed E-state index contributed by atoms with van der Waals surface area (Å²) in [5.74, 6) is -1.05. The molecule has 5 heteroatoms. The largest absolute Gasteiger partial charge is 0.369 e. The molecule has 1 aromatic rings. The Morgan fingerprint density at radius 2 is 1.90 bits per heavy atom. The van der Waals surface area contributed by atoms with Crippen LogP contribution in [0, 0.1) is 11.8 Å². The maximum atomic E-state index is 12.3. The van der Waals surface area contributed by atoms with E-state index in [1.165, 1.54) is 0 Å². The van der Waals surface area contributed by atoms with Crippen LogP contribution in [0.2, 0.25) is 0 Å². The van der Waals surface area contributed by atoms with Crippen molar-refractivity contribution in [3.63, 3.8) is 0 Å². The van der Waals surface area contributed by atoms with E-state index in [4.69, 9.17) is 10.5 Å². The van der Waals surface area contributed by atoms with Crippen LogP contribution in [0.1, 0.15) is 24.8 Å². The van der Waals surface area contributed by atoms with Crippen LogP contribution in [0.3, 0.4) is 0 Å². The first-order valence-corrected chi connectivity index (χ1v) is 7.39. The zero-order chi connectivity index (χ0) is 14.9. The molecule has 2 amide bonds. The highest BCUT2D eigenvalue weighted by molar-refractivity contribution is 5.87. The summed E-state index contributed by atoms with van der Waals surface area (Å²) >= 11 is 0. The van der Waals surface area contributed by atoms with Gasteiger partial charge in [-0.2, -0.15) is 0 Å². The number of nitrogens with one attached hydrogen (secondary N) is 1. The molecule has 3 unspecified atom stereocenters. The van der Waals surface area contributed by atoms with Crippen LogP contribution in [0.4, 0.5) is 0 Å². The molecule has 1 aromatic carbocycles. The van der Waals surface area contributed by atoms with E-state index in [0.717, 1.165) is 18.4 Å². The molecule has 0 aromatic heterocycles. The highest BCUT2D eigenvalue weighted by atomic mass is 16.6. The summed E-state index contributed by atoms with van der Waals surface area (Å²) in [7, 11) is 0. The molecule has 0 radical (unpaired) electrons. The van der Waals surface area contributed by atoms with Crippen LogP contribution in [-0.2, 0) is 19.9 Å². The van der Waals surface area contributed by atoms with Crippen LogP contribution < -0.4 is 11.1 Å². The number of primary amides is 1. The Hall–Kier alpha value is -1.88. The lowest BCUT2D eigenvalue weighted by Gasteiger charge is -2.19. The minimum Gasteiger partial charge on any atom is -0.369 e. The zero-order valence-electron chi connectivity index (χ0n) is 11.9. The number of hydrogen-bond donors (Lipinski definition) is 2. The van der Waals surface area contributed by atoms with Gasteiger partial charge in [0.25, 0.3) is 0 Å². The van der Waals surface area contributed by atoms with Crippen molar-refractivity contribution in [1.82, 2.24) is 5.32 Å². The number of carbonyl (C=O) groups is 2. The number of benzene rings is 1. The summed E-state index contributed by atoms with van der Waals surface area (Å²) in [6.45, 7) is 1.05. The third-order valence-corrected chi connectivity index (χ3v) is 4.56. The van der Waals surface area contributed by atoms with E-state index in [1.54, 1.807) is 0 Å². The summed E-state index contributed by atoms with van der Waals surface area (Å²) in [5, 5.41) is 2.94. The van der Waals surface area contributed by atoms with E-state index in [0.29, 0.717) is 19.6 Å². The smallest absolute Gasteiger partial charge is 0.224 e. The van der Waals surface area contributed by atoms with Gasteiger partial charge in [-0.3, -0.25) is 9.59 Å². The number of epoxide rings is 1. The Kier molecular flexibility index (Phi) is 3.68. The Bertz CT molecular complexity index is 540. The second-order valence-electron chi connectivity index (χ2n) is 5.91. The molecule has 2 aliphatic rings. The predicted molar refractivity (Wildman–Crippen MR) is 77.1 cm³/mol. The highest BCUT2D eigenvalue weighted by Crippen LogP contribution is 2.38. The van der Waals surface area contributed by atoms with Crippen LogP contribution >= 0.6 is 0 Å². The third kappa shape index (κ3) is 2.78. The van der Waals surface area contributed by atoms with Crippen molar-refractivity contribution in [2.24, 2.45) is 17.6 Å². The standard InChI is InChI=1S/C16H20N2O3/c17-14(19)12-7-4-8-13(12)15(20)18-9-16(10-21-16)11-5-2-1-3-6-11/h1-3,5-6,12-13H,4,7-10H2,(H2,17,19)(H,18,20). The van der Waals surface area contributed by atoms with Crippen LogP contribution in [0.5, 0.6) is 0 Å². The first-order valence-electron chi connectivity index (χ1n) is 7.39. The number of amides is 2. The average Bonchev–Trinajstić information content (AvgIpc) is 3.12. The van der Waals surface area contributed by atoms with Crippen LogP contribution in [0.15, 0.2) is 30.3 Å². The number of carbonyl (C=O) groups excluding carboxylic acids is 2. The van der Waals surface area contributed by atoms with Gasteiger partial charge in [-0.25, -0.2) is 0 Å². The SMILES string of the molecule is NC(=O)C1CCCC1C(=O)NCC1(c2ccccc2)CO1. The van der Waals surface area contributed by atoms with Crippen molar-refractivity contribution >= 4 is 11.8 Å². The zero-order valence-corrected chi connectivity index (χ0v) is 11.9. The van der Waals surface area contributed by atoms with Crippen molar-refractivity contribution < 1.29 is 14.3 Å². The van der Waals surface area contributed by atoms with E-state index in [9.17, 15) is 9.59 Å². The average molecular weight is 288 g/mol. The van der Waals surface area contributed by atoms with Gasteiger partial charge in [0.1, 0.15) is 5.60 Å². The van der Waals surface area contributed by atoms with E-state index < -0.39 is 5.60 Å². The fourth-order valence-corrected chi connectivity index (χ4v) is 3.18. The molecule has 3 N–H and O–H groups in total. The van der Waals surface area contributed by atoms with E-state index in [-0.39, 0.29) is 23.7 Å². The summed E-state index contributed by atoms with van der Waals surface area (Å²) in [5.41, 5.74) is 6.05. The molecule has 3 rings (SSSR count). The molecule has 5 nitrogen and oxygen atoms in total. The molecule has 112 valence electrons. The minimum absolute atomic E-state index is 0.0814. The molecule has 1 aliphatic carbocycles. The highest BCUT2D eigenvalue weighted by Gasteiger charge is 2.47. The number of ether oxygens (including phenoxy) is 1. The maximum Gasteiger partial charge on any atom is 0.224 e. The molecule has 1 heterocycles. The molecule has 3 atom stereocenters. The summed E-state index contributed by atoms with van der Waals surface area (Å²) in [6, 6.07) is 9.87. The minimum atomic E-state index is -0.391. The van der Waals surface area contributed by atoms with Gasteiger partial charge < -0.3 is 15.8 Å². The summed E-state index contributed by atoms with van der Waals surface area (Å²) in [4.78, 5) is 23.7. The molecular weight excluding hydrogens is 268 g/mol. The predicted octanol–water partition coefficient (Wildman–Crippen LogP) is 0.930. The quantitative estimate of drug-likeness (QED) is 0.790. The number of rotatable bonds is 5. The molecule has 21 heavy (non-hydrogen) atoms. The fourth-order valence-electron chi connectivity index (χ4n) is 3.18. The van der Waals surface area contributed by atoms with Crippen molar-refractivity contribution in [1.29, 1.82) is 0 Å². The van der Waals surface area contributed by atoms with Crippen molar-refractivity contribution in [2.45, 2.75) is 24.9 Å². The second kappa shape index (κ2) is 5.48. The number of nitrogens with two attached hydrogens (primary N) is 1. The summed E-state index contributed by atoms with van der Waals surface area (Å²) in [6.07, 6.45) is 2.33. The van der Waals surface area contributed by atoms with Gasteiger partial charge in [-0.1, -0.05) is 36.8 Å². The molecule has 2 fully saturated rings. The Morgan fingerprint density at radius 3 is 2.52 bits per heavy atom. The normalized spacial score (nSPS) is 30.9. The topological polar surface area (TPSA) is 84.7 Å². The molecular formula is C16H20N2O3. The van der Waals surface area contributed by atoms with E-state index in [2.05, 4.69) is 5.32 Å². The molecule has 1 saturated heterocycles. The Balaban J connectivity index is 1.60. The number of hydrogen-bond acceptors (Lipinski definition) is 3. The van der Waals surface area contributed by atoms with Crippen molar-refractivity contribution in [3.05, 3.63) is 35.9 Å². The van der Waals surface area contributed by atoms with Gasteiger partial charge in [0.2, 0.25) is 11.8 Å². The van der Waals surface area contributed by atoms with Gasteiger partial charge in [0.15, 0.2) is 0 Å².